The lowest BCUT2D eigenvalue weighted by molar-refractivity contribution is 0.414. The summed E-state index contributed by atoms with van der Waals surface area (Å²) in [6.07, 6.45) is 0.636. The number of benzene rings is 1. The van der Waals surface area contributed by atoms with E-state index in [1.807, 2.05) is 31.2 Å². The minimum Gasteiger partial charge on any atom is -0.497 e. The zero-order valence-corrected chi connectivity index (χ0v) is 9.32. The SMILES string of the molecule is COc1ccc(Cc2[nH]c(C)nc2O)cc1. The van der Waals surface area contributed by atoms with Gasteiger partial charge in [0.15, 0.2) is 0 Å². The van der Waals surface area contributed by atoms with Crippen LogP contribution >= 0.6 is 0 Å². The number of nitrogens with zero attached hydrogens (tertiary/aromatic N) is 1. The molecule has 0 amide bonds. The maximum absolute atomic E-state index is 9.53. The first-order valence-corrected chi connectivity index (χ1v) is 5.06. The highest BCUT2D eigenvalue weighted by Crippen LogP contribution is 2.19. The number of hydrogen-bond donors (Lipinski definition) is 2. The first kappa shape index (κ1) is 10.5. The smallest absolute Gasteiger partial charge is 0.232 e. The maximum Gasteiger partial charge on any atom is 0.232 e. The first-order chi connectivity index (χ1) is 7.69. The fourth-order valence-electron chi connectivity index (χ4n) is 1.60. The Morgan fingerprint density at radius 2 is 2.00 bits per heavy atom. The molecule has 0 aliphatic carbocycles. The van der Waals surface area contributed by atoms with Crippen LogP contribution in [-0.4, -0.2) is 22.2 Å². The minimum atomic E-state index is 0.0771. The predicted molar refractivity (Wildman–Crippen MR) is 60.8 cm³/mol. The molecule has 0 atom stereocenters. The third kappa shape index (κ3) is 2.16. The normalized spacial score (nSPS) is 10.4. The van der Waals surface area contributed by atoms with Crippen molar-refractivity contribution in [2.24, 2.45) is 0 Å². The number of nitrogens with one attached hydrogen (secondary N) is 1. The standard InChI is InChI=1S/C12H14N2O2/c1-8-13-11(12(15)14-8)7-9-3-5-10(16-2)6-4-9/h3-6,15H,7H2,1-2H3,(H,13,14). The number of aromatic hydroxyl groups is 1. The summed E-state index contributed by atoms with van der Waals surface area (Å²) in [4.78, 5) is 6.95. The van der Waals surface area contributed by atoms with Crippen molar-refractivity contribution >= 4 is 0 Å². The van der Waals surface area contributed by atoms with E-state index in [9.17, 15) is 5.11 Å². The van der Waals surface area contributed by atoms with E-state index in [2.05, 4.69) is 9.97 Å². The van der Waals surface area contributed by atoms with E-state index >= 15 is 0 Å². The van der Waals surface area contributed by atoms with Crippen molar-refractivity contribution in [3.05, 3.63) is 41.3 Å². The number of hydrogen-bond acceptors (Lipinski definition) is 3. The van der Waals surface area contributed by atoms with E-state index in [4.69, 9.17) is 4.74 Å². The third-order valence-electron chi connectivity index (χ3n) is 2.42. The topological polar surface area (TPSA) is 58.1 Å². The zero-order valence-electron chi connectivity index (χ0n) is 9.32. The van der Waals surface area contributed by atoms with E-state index in [1.165, 1.54) is 0 Å². The Kier molecular flexibility index (Phi) is 2.81. The summed E-state index contributed by atoms with van der Waals surface area (Å²) >= 11 is 0. The number of rotatable bonds is 3. The summed E-state index contributed by atoms with van der Waals surface area (Å²) in [5.41, 5.74) is 1.84. The number of aromatic nitrogens is 2. The third-order valence-corrected chi connectivity index (χ3v) is 2.42. The lowest BCUT2D eigenvalue weighted by Crippen LogP contribution is -1.90. The number of imidazole rings is 1. The van der Waals surface area contributed by atoms with Crippen LogP contribution < -0.4 is 4.74 Å². The van der Waals surface area contributed by atoms with Crippen molar-refractivity contribution in [2.45, 2.75) is 13.3 Å². The van der Waals surface area contributed by atoms with Crippen LogP contribution in [0.25, 0.3) is 0 Å². The van der Waals surface area contributed by atoms with Crippen LogP contribution in [0.1, 0.15) is 17.1 Å². The number of methoxy groups -OCH3 is 1. The summed E-state index contributed by atoms with van der Waals surface area (Å²) in [7, 11) is 1.64. The molecule has 0 aliphatic heterocycles. The van der Waals surface area contributed by atoms with Gasteiger partial charge in [-0.3, -0.25) is 0 Å². The summed E-state index contributed by atoms with van der Waals surface area (Å²) in [5, 5.41) is 9.53. The van der Waals surface area contributed by atoms with E-state index in [1.54, 1.807) is 7.11 Å². The van der Waals surface area contributed by atoms with E-state index in [-0.39, 0.29) is 5.88 Å². The molecule has 1 heterocycles. The second-order valence-corrected chi connectivity index (χ2v) is 3.65. The van der Waals surface area contributed by atoms with Gasteiger partial charge < -0.3 is 14.8 Å². The second-order valence-electron chi connectivity index (χ2n) is 3.65. The molecular weight excluding hydrogens is 204 g/mol. The van der Waals surface area contributed by atoms with Gasteiger partial charge in [-0.05, 0) is 24.6 Å². The van der Waals surface area contributed by atoms with Crippen LogP contribution in [0.5, 0.6) is 11.6 Å². The van der Waals surface area contributed by atoms with Crippen molar-refractivity contribution in [2.75, 3.05) is 7.11 Å². The fourth-order valence-corrected chi connectivity index (χ4v) is 1.60. The molecule has 0 unspecified atom stereocenters. The summed E-state index contributed by atoms with van der Waals surface area (Å²) in [6, 6.07) is 7.73. The summed E-state index contributed by atoms with van der Waals surface area (Å²) in [6.45, 7) is 1.82. The number of aryl methyl sites for hydroxylation is 1. The summed E-state index contributed by atoms with van der Waals surface area (Å²) < 4.78 is 5.08. The van der Waals surface area contributed by atoms with Gasteiger partial charge in [0.2, 0.25) is 5.88 Å². The molecule has 16 heavy (non-hydrogen) atoms. The van der Waals surface area contributed by atoms with Crippen molar-refractivity contribution in [1.82, 2.24) is 9.97 Å². The van der Waals surface area contributed by atoms with Crippen LogP contribution in [-0.2, 0) is 6.42 Å². The molecule has 0 aliphatic rings. The molecule has 1 aromatic heterocycles. The maximum atomic E-state index is 9.53. The van der Waals surface area contributed by atoms with Gasteiger partial charge in [-0.2, -0.15) is 4.98 Å². The quantitative estimate of drug-likeness (QED) is 0.828. The van der Waals surface area contributed by atoms with E-state index in [0.29, 0.717) is 6.42 Å². The molecule has 0 saturated carbocycles. The average molecular weight is 218 g/mol. The van der Waals surface area contributed by atoms with Gasteiger partial charge in [-0.25, -0.2) is 0 Å². The first-order valence-electron chi connectivity index (χ1n) is 5.06. The van der Waals surface area contributed by atoms with Crippen LogP contribution in [0.3, 0.4) is 0 Å². The molecule has 4 heteroatoms. The van der Waals surface area contributed by atoms with Crippen molar-refractivity contribution in [1.29, 1.82) is 0 Å². The molecule has 0 fully saturated rings. The van der Waals surface area contributed by atoms with Gasteiger partial charge in [0.1, 0.15) is 11.6 Å². The van der Waals surface area contributed by atoms with Crippen LogP contribution in [0.15, 0.2) is 24.3 Å². The van der Waals surface area contributed by atoms with Crippen LogP contribution in [0, 0.1) is 6.92 Å². The largest absolute Gasteiger partial charge is 0.497 e. The Morgan fingerprint density at radius 1 is 1.31 bits per heavy atom. The van der Waals surface area contributed by atoms with Crippen molar-refractivity contribution in [3.8, 4) is 11.6 Å². The summed E-state index contributed by atoms with van der Waals surface area (Å²) in [5.74, 6) is 1.63. The highest BCUT2D eigenvalue weighted by Gasteiger charge is 2.07. The van der Waals surface area contributed by atoms with E-state index < -0.39 is 0 Å². The molecule has 0 saturated heterocycles. The Morgan fingerprint density at radius 3 is 2.50 bits per heavy atom. The number of ether oxygens (including phenoxy) is 1. The molecule has 0 bridgehead atoms. The Bertz CT molecular complexity index is 474. The van der Waals surface area contributed by atoms with E-state index in [0.717, 1.165) is 22.8 Å². The molecular formula is C12H14N2O2. The zero-order chi connectivity index (χ0) is 11.5. The Labute approximate surface area is 93.9 Å². The van der Waals surface area contributed by atoms with Gasteiger partial charge in [-0.1, -0.05) is 12.1 Å². The molecule has 84 valence electrons. The molecule has 0 radical (unpaired) electrons. The molecule has 0 spiro atoms. The highest BCUT2D eigenvalue weighted by molar-refractivity contribution is 5.32. The molecule has 1 aromatic carbocycles. The van der Waals surface area contributed by atoms with Gasteiger partial charge >= 0.3 is 0 Å². The average Bonchev–Trinajstić information content (AvgIpc) is 2.59. The van der Waals surface area contributed by atoms with Crippen LogP contribution in [0.2, 0.25) is 0 Å². The highest BCUT2D eigenvalue weighted by atomic mass is 16.5. The van der Waals surface area contributed by atoms with Gasteiger partial charge in [0.25, 0.3) is 0 Å². The van der Waals surface area contributed by atoms with Gasteiger partial charge in [-0.15, -0.1) is 0 Å². The van der Waals surface area contributed by atoms with Crippen molar-refractivity contribution in [3.63, 3.8) is 0 Å². The molecule has 2 aromatic rings. The van der Waals surface area contributed by atoms with Crippen molar-refractivity contribution < 1.29 is 9.84 Å². The molecule has 4 nitrogen and oxygen atoms in total. The number of H-pyrrole nitrogens is 1. The predicted octanol–water partition coefficient (Wildman–Crippen LogP) is 2.02. The van der Waals surface area contributed by atoms with Gasteiger partial charge in [0, 0.05) is 6.42 Å². The monoisotopic (exact) mass is 218 g/mol. The molecule has 2 N–H and O–H groups in total. The minimum absolute atomic E-state index is 0.0771. The number of aromatic amines is 1. The molecule has 2 rings (SSSR count). The van der Waals surface area contributed by atoms with Gasteiger partial charge in [0.05, 0.1) is 12.8 Å². The Balaban J connectivity index is 2.17. The second kappa shape index (κ2) is 4.26. The lowest BCUT2D eigenvalue weighted by atomic mass is 10.1. The lowest BCUT2D eigenvalue weighted by Gasteiger charge is -2.02. The fraction of sp³-hybridized carbons (Fsp3) is 0.250. The van der Waals surface area contributed by atoms with Crippen LogP contribution in [0.4, 0.5) is 0 Å². The Hall–Kier alpha value is -1.97.